The highest BCUT2D eigenvalue weighted by atomic mass is 16.1. The van der Waals surface area contributed by atoms with Crippen LogP contribution in [0.15, 0.2) is 67.1 Å². The van der Waals surface area contributed by atoms with Crippen LogP contribution in [0.3, 0.4) is 0 Å². The number of hydrogen-bond donors (Lipinski definition) is 2. The van der Waals surface area contributed by atoms with Crippen LogP contribution in [0.2, 0.25) is 0 Å². The summed E-state index contributed by atoms with van der Waals surface area (Å²) in [6.07, 6.45) is 3.23. The van der Waals surface area contributed by atoms with Gasteiger partial charge in [-0.25, -0.2) is 9.97 Å². The molecule has 4 aromatic rings. The van der Waals surface area contributed by atoms with Crippen molar-refractivity contribution in [2.75, 3.05) is 10.6 Å². The summed E-state index contributed by atoms with van der Waals surface area (Å²) in [5, 5.41) is 6.65. The topological polar surface area (TPSA) is 88.9 Å². The summed E-state index contributed by atoms with van der Waals surface area (Å²) in [5.74, 6) is 0.279. The van der Waals surface area contributed by atoms with E-state index in [1.165, 1.54) is 13.3 Å². The maximum absolute atomic E-state index is 13.1. The lowest BCUT2D eigenvalue weighted by molar-refractivity contribution is -0.114. The summed E-state index contributed by atoms with van der Waals surface area (Å²) in [7, 11) is 1.85. The van der Waals surface area contributed by atoms with Gasteiger partial charge in [-0.1, -0.05) is 36.4 Å². The molecule has 0 saturated heterocycles. The number of anilines is 3. The minimum absolute atomic E-state index is 0.0963. The molecule has 0 aliphatic rings. The van der Waals surface area contributed by atoms with Crippen molar-refractivity contribution >= 4 is 39.9 Å². The van der Waals surface area contributed by atoms with Gasteiger partial charge in [0.2, 0.25) is 5.91 Å². The first-order valence-corrected chi connectivity index (χ1v) is 9.07. The molecule has 0 saturated carbocycles. The average molecular weight is 385 g/mol. The molecule has 2 N–H and O–H groups in total. The fourth-order valence-electron chi connectivity index (χ4n) is 3.24. The first-order valence-electron chi connectivity index (χ1n) is 9.07. The van der Waals surface area contributed by atoms with E-state index in [9.17, 15) is 9.59 Å². The molecule has 7 heteroatoms. The Balaban J connectivity index is 1.78. The molecule has 0 fully saturated rings. The van der Waals surface area contributed by atoms with Crippen molar-refractivity contribution in [2.24, 2.45) is 7.05 Å². The molecule has 0 radical (unpaired) electrons. The van der Waals surface area contributed by atoms with Crippen molar-refractivity contribution in [3.8, 4) is 0 Å². The van der Waals surface area contributed by atoms with Crippen molar-refractivity contribution in [1.29, 1.82) is 0 Å². The number of carbonyl (C=O) groups excluding carboxylic acids is 2. The van der Waals surface area contributed by atoms with E-state index >= 15 is 0 Å². The van der Waals surface area contributed by atoms with E-state index in [-0.39, 0.29) is 11.7 Å². The standard InChI is InChI=1S/C22H19N5O2/c1-14(28)25-16-9-6-10-17(11-16)26-21-19-18(12-27(2)22(19)24-13-23-21)20(29)15-7-4-3-5-8-15/h3-13H,1-2H3,(H,25,28)(H,23,24,26). The monoisotopic (exact) mass is 385 g/mol. The summed E-state index contributed by atoms with van der Waals surface area (Å²) in [6.45, 7) is 1.46. The Bertz CT molecular complexity index is 1210. The molecule has 2 heterocycles. The summed E-state index contributed by atoms with van der Waals surface area (Å²) >= 11 is 0. The second kappa shape index (κ2) is 7.55. The van der Waals surface area contributed by atoms with E-state index in [2.05, 4.69) is 20.6 Å². The third-order valence-corrected chi connectivity index (χ3v) is 4.48. The first-order chi connectivity index (χ1) is 14.0. The largest absolute Gasteiger partial charge is 0.339 e. The number of amides is 1. The lowest BCUT2D eigenvalue weighted by Crippen LogP contribution is -2.06. The summed E-state index contributed by atoms with van der Waals surface area (Å²) in [4.78, 5) is 33.1. The van der Waals surface area contributed by atoms with Crippen molar-refractivity contribution in [2.45, 2.75) is 6.92 Å². The number of rotatable bonds is 5. The molecule has 4 rings (SSSR count). The van der Waals surface area contributed by atoms with Crippen LogP contribution in [0.25, 0.3) is 11.0 Å². The van der Waals surface area contributed by atoms with Gasteiger partial charge in [-0.05, 0) is 18.2 Å². The highest BCUT2D eigenvalue weighted by Gasteiger charge is 2.20. The van der Waals surface area contributed by atoms with E-state index in [4.69, 9.17) is 0 Å². The molecule has 7 nitrogen and oxygen atoms in total. The van der Waals surface area contributed by atoms with E-state index in [0.29, 0.717) is 33.7 Å². The summed E-state index contributed by atoms with van der Waals surface area (Å²) < 4.78 is 1.81. The molecule has 0 unspecified atom stereocenters. The summed E-state index contributed by atoms with van der Waals surface area (Å²) in [6, 6.07) is 16.4. The van der Waals surface area contributed by atoms with E-state index in [1.54, 1.807) is 30.5 Å². The van der Waals surface area contributed by atoms with E-state index in [1.807, 2.05) is 41.9 Å². The highest BCUT2D eigenvalue weighted by molar-refractivity contribution is 6.18. The Hall–Kier alpha value is -4.00. The zero-order chi connectivity index (χ0) is 20.4. The van der Waals surface area contributed by atoms with Gasteiger partial charge in [0.25, 0.3) is 0 Å². The number of ketones is 1. The normalized spacial score (nSPS) is 10.7. The Morgan fingerprint density at radius 3 is 2.48 bits per heavy atom. The van der Waals surface area contributed by atoms with E-state index < -0.39 is 0 Å². The van der Waals surface area contributed by atoms with Crippen molar-refractivity contribution < 1.29 is 9.59 Å². The second-order valence-electron chi connectivity index (χ2n) is 6.66. The van der Waals surface area contributed by atoms with Crippen LogP contribution < -0.4 is 10.6 Å². The molecule has 2 aromatic heterocycles. The smallest absolute Gasteiger partial charge is 0.221 e. The fourth-order valence-corrected chi connectivity index (χ4v) is 3.24. The van der Waals surface area contributed by atoms with Crippen molar-refractivity contribution in [1.82, 2.24) is 14.5 Å². The molecule has 0 bridgehead atoms. The minimum Gasteiger partial charge on any atom is -0.339 e. The van der Waals surface area contributed by atoms with Crippen molar-refractivity contribution in [3.05, 3.63) is 78.2 Å². The minimum atomic E-state index is -0.148. The third-order valence-electron chi connectivity index (χ3n) is 4.48. The predicted octanol–water partition coefficient (Wildman–Crippen LogP) is 3.90. The van der Waals surface area contributed by atoms with Gasteiger partial charge in [-0.2, -0.15) is 0 Å². The van der Waals surface area contributed by atoms with Crippen LogP contribution in [-0.4, -0.2) is 26.2 Å². The van der Waals surface area contributed by atoms with Gasteiger partial charge in [0, 0.05) is 37.1 Å². The van der Waals surface area contributed by atoms with Crippen LogP contribution in [0.5, 0.6) is 0 Å². The number of carbonyl (C=O) groups is 2. The van der Waals surface area contributed by atoms with Gasteiger partial charge in [0.1, 0.15) is 17.8 Å². The lowest BCUT2D eigenvalue weighted by Gasteiger charge is -2.10. The molecule has 144 valence electrons. The van der Waals surface area contributed by atoms with Gasteiger partial charge < -0.3 is 15.2 Å². The molecular formula is C22H19N5O2. The molecule has 0 spiro atoms. The SMILES string of the molecule is CC(=O)Nc1cccc(Nc2ncnc3c2c(C(=O)c2ccccc2)cn3C)c1. The first kappa shape index (κ1) is 18.4. The van der Waals surface area contributed by atoms with Gasteiger partial charge in [0.15, 0.2) is 5.78 Å². The zero-order valence-electron chi connectivity index (χ0n) is 16.0. The average Bonchev–Trinajstić information content (AvgIpc) is 3.06. The fraction of sp³-hybridized carbons (Fsp3) is 0.0909. The van der Waals surface area contributed by atoms with Crippen LogP contribution in [0, 0.1) is 0 Å². The van der Waals surface area contributed by atoms with Gasteiger partial charge in [0.05, 0.1) is 10.9 Å². The molecule has 0 aliphatic heterocycles. The quantitative estimate of drug-likeness (QED) is 0.509. The molecular weight excluding hydrogens is 366 g/mol. The maximum Gasteiger partial charge on any atom is 0.221 e. The lowest BCUT2D eigenvalue weighted by atomic mass is 10.0. The van der Waals surface area contributed by atoms with Crippen molar-refractivity contribution in [3.63, 3.8) is 0 Å². The molecule has 29 heavy (non-hydrogen) atoms. The predicted molar refractivity (Wildman–Crippen MR) is 112 cm³/mol. The number of benzene rings is 2. The number of aryl methyl sites for hydroxylation is 1. The highest BCUT2D eigenvalue weighted by Crippen LogP contribution is 2.29. The van der Waals surface area contributed by atoms with Gasteiger partial charge in [-0.15, -0.1) is 0 Å². The molecule has 0 atom stereocenters. The zero-order valence-corrected chi connectivity index (χ0v) is 16.0. The Labute approximate surface area is 167 Å². The Kier molecular flexibility index (Phi) is 4.78. The van der Waals surface area contributed by atoms with Crippen LogP contribution in [-0.2, 0) is 11.8 Å². The van der Waals surface area contributed by atoms with Gasteiger partial charge in [-0.3, -0.25) is 9.59 Å². The van der Waals surface area contributed by atoms with Crippen LogP contribution >= 0.6 is 0 Å². The maximum atomic E-state index is 13.1. The van der Waals surface area contributed by atoms with Crippen LogP contribution in [0.4, 0.5) is 17.2 Å². The van der Waals surface area contributed by atoms with Gasteiger partial charge >= 0.3 is 0 Å². The Morgan fingerprint density at radius 2 is 1.72 bits per heavy atom. The third kappa shape index (κ3) is 3.70. The molecule has 1 amide bonds. The molecule has 2 aromatic carbocycles. The second-order valence-corrected chi connectivity index (χ2v) is 6.66. The number of fused-ring (bicyclic) bond motifs is 1. The number of aromatic nitrogens is 3. The number of hydrogen-bond acceptors (Lipinski definition) is 5. The Morgan fingerprint density at radius 1 is 0.966 bits per heavy atom. The van der Waals surface area contributed by atoms with Crippen LogP contribution in [0.1, 0.15) is 22.8 Å². The van der Waals surface area contributed by atoms with E-state index in [0.717, 1.165) is 5.69 Å². The number of nitrogens with zero attached hydrogens (tertiary/aromatic N) is 3. The summed E-state index contributed by atoms with van der Waals surface area (Å²) in [5.41, 5.74) is 3.18. The number of nitrogens with one attached hydrogen (secondary N) is 2. The molecule has 0 aliphatic carbocycles.